The van der Waals surface area contributed by atoms with Gasteiger partial charge in [-0.15, -0.1) is 0 Å². The average Bonchev–Trinajstić information content (AvgIpc) is 3.10. The fourth-order valence-electron chi connectivity index (χ4n) is 3.36. The number of anilines is 1. The monoisotopic (exact) mass is 366 g/mol. The van der Waals surface area contributed by atoms with Crippen LogP contribution >= 0.6 is 0 Å². The fourth-order valence-corrected chi connectivity index (χ4v) is 3.36. The van der Waals surface area contributed by atoms with Crippen LogP contribution < -0.4 is 21.5 Å². The molecular weight excluding hydrogens is 348 g/mol. The Morgan fingerprint density at radius 2 is 2.15 bits per heavy atom. The number of aryl methyl sites for hydroxylation is 1. The number of amides is 1. The predicted molar refractivity (Wildman–Crippen MR) is 100 cm³/mol. The molecule has 0 aliphatic carbocycles. The van der Waals surface area contributed by atoms with E-state index in [9.17, 15) is 14.4 Å². The molecule has 1 atom stereocenters. The lowest BCUT2D eigenvalue weighted by Crippen LogP contribution is -2.37. The lowest BCUT2D eigenvalue weighted by molar-refractivity contribution is 0.0935. The highest BCUT2D eigenvalue weighted by atomic mass is 16.2. The van der Waals surface area contributed by atoms with Crippen molar-refractivity contribution in [3.8, 4) is 0 Å². The van der Waals surface area contributed by atoms with E-state index in [1.54, 1.807) is 19.2 Å². The number of H-pyrrole nitrogens is 2. The summed E-state index contributed by atoms with van der Waals surface area (Å²) < 4.78 is 0. The van der Waals surface area contributed by atoms with Gasteiger partial charge in [0, 0.05) is 25.3 Å². The molecule has 1 saturated heterocycles. The summed E-state index contributed by atoms with van der Waals surface area (Å²) in [7, 11) is 0. The van der Waals surface area contributed by atoms with Gasteiger partial charge in [-0.05, 0) is 37.1 Å². The zero-order valence-electron chi connectivity index (χ0n) is 14.7. The molecule has 3 aromatic heterocycles. The van der Waals surface area contributed by atoms with Crippen molar-refractivity contribution in [2.75, 3.05) is 18.0 Å². The minimum absolute atomic E-state index is 0.0319. The molecule has 0 spiro atoms. The van der Waals surface area contributed by atoms with Crippen molar-refractivity contribution in [1.29, 1.82) is 0 Å². The van der Waals surface area contributed by atoms with Crippen LogP contribution in [-0.2, 0) is 0 Å². The molecule has 0 radical (unpaired) electrons. The zero-order chi connectivity index (χ0) is 19.0. The number of rotatable bonds is 3. The number of nitrogens with one attached hydrogen (secondary N) is 3. The second kappa shape index (κ2) is 6.67. The van der Waals surface area contributed by atoms with E-state index in [0.29, 0.717) is 12.1 Å². The Kier molecular flexibility index (Phi) is 4.19. The first-order chi connectivity index (χ1) is 13.0. The summed E-state index contributed by atoms with van der Waals surface area (Å²) in [5, 5.41) is 3.24. The first kappa shape index (κ1) is 17.0. The van der Waals surface area contributed by atoms with Crippen LogP contribution in [0.5, 0.6) is 0 Å². The fraction of sp³-hybridized carbons (Fsp3) is 0.278. The number of pyridine rings is 2. The molecular formula is C18H18N6O3. The Bertz CT molecular complexity index is 1120. The van der Waals surface area contributed by atoms with E-state index < -0.39 is 11.2 Å². The van der Waals surface area contributed by atoms with Gasteiger partial charge in [0.05, 0.1) is 5.39 Å². The van der Waals surface area contributed by atoms with Gasteiger partial charge in [-0.3, -0.25) is 19.6 Å². The topological polar surface area (TPSA) is 124 Å². The van der Waals surface area contributed by atoms with Gasteiger partial charge in [0.25, 0.3) is 11.5 Å². The van der Waals surface area contributed by atoms with Crippen molar-refractivity contribution in [2.24, 2.45) is 0 Å². The number of fused-ring (bicyclic) bond motifs is 1. The number of carbonyl (C=O) groups excluding carboxylic acids is 1. The number of nitrogens with zero attached hydrogens (tertiary/aromatic N) is 3. The SMILES string of the molecule is Cc1cc(C(=O)NC2CCN(c3ccccn3)C2)nc2[nH]c(=O)[nH]c(=O)c12. The Labute approximate surface area is 153 Å². The lowest BCUT2D eigenvalue weighted by Gasteiger charge is -2.17. The highest BCUT2D eigenvalue weighted by Gasteiger charge is 2.25. The van der Waals surface area contributed by atoms with E-state index in [0.717, 1.165) is 18.8 Å². The molecule has 1 aliphatic heterocycles. The average molecular weight is 366 g/mol. The molecule has 1 aliphatic rings. The van der Waals surface area contributed by atoms with Crippen molar-refractivity contribution in [2.45, 2.75) is 19.4 Å². The smallest absolute Gasteiger partial charge is 0.327 e. The number of carbonyl (C=O) groups is 1. The van der Waals surface area contributed by atoms with Crippen molar-refractivity contribution in [3.05, 3.63) is 62.6 Å². The third kappa shape index (κ3) is 3.31. The molecule has 9 nitrogen and oxygen atoms in total. The molecule has 0 bridgehead atoms. The third-order valence-electron chi connectivity index (χ3n) is 4.63. The zero-order valence-corrected chi connectivity index (χ0v) is 14.7. The predicted octanol–water partition coefficient (Wildman–Crippen LogP) is 0.324. The summed E-state index contributed by atoms with van der Waals surface area (Å²) >= 11 is 0. The van der Waals surface area contributed by atoms with Crippen LogP contribution in [0.1, 0.15) is 22.5 Å². The molecule has 3 N–H and O–H groups in total. The van der Waals surface area contributed by atoms with Gasteiger partial charge in [-0.2, -0.15) is 0 Å². The molecule has 0 aromatic carbocycles. The molecule has 4 rings (SSSR count). The Balaban J connectivity index is 1.54. The quantitative estimate of drug-likeness (QED) is 0.613. The standard InChI is InChI=1S/C18H18N6O3/c1-10-8-12(21-15-14(10)17(26)23-18(27)22-15)16(25)20-11-5-7-24(9-11)13-4-2-3-6-19-13/h2-4,6,8,11H,5,7,9H2,1H3,(H,20,25)(H2,21,22,23,26,27). The van der Waals surface area contributed by atoms with Crippen LogP contribution in [-0.4, -0.2) is 45.0 Å². The van der Waals surface area contributed by atoms with Crippen molar-refractivity contribution < 1.29 is 4.79 Å². The van der Waals surface area contributed by atoms with Gasteiger partial charge in [-0.1, -0.05) is 6.07 Å². The minimum Gasteiger partial charge on any atom is -0.354 e. The minimum atomic E-state index is -0.654. The van der Waals surface area contributed by atoms with Gasteiger partial charge in [0.15, 0.2) is 0 Å². The molecule has 9 heteroatoms. The summed E-state index contributed by atoms with van der Waals surface area (Å²) in [6.07, 6.45) is 2.54. The van der Waals surface area contributed by atoms with E-state index in [1.165, 1.54) is 0 Å². The maximum absolute atomic E-state index is 12.6. The Morgan fingerprint density at radius 3 is 2.93 bits per heavy atom. The number of aromatic amines is 2. The largest absolute Gasteiger partial charge is 0.354 e. The van der Waals surface area contributed by atoms with E-state index in [4.69, 9.17) is 0 Å². The normalized spacial score (nSPS) is 16.6. The van der Waals surface area contributed by atoms with E-state index >= 15 is 0 Å². The number of aromatic nitrogens is 4. The molecule has 0 saturated carbocycles. The summed E-state index contributed by atoms with van der Waals surface area (Å²) in [6.45, 7) is 3.16. The maximum atomic E-state index is 12.6. The molecule has 4 heterocycles. The van der Waals surface area contributed by atoms with Crippen LogP contribution in [0.4, 0.5) is 5.82 Å². The van der Waals surface area contributed by atoms with Crippen molar-refractivity contribution in [1.82, 2.24) is 25.3 Å². The summed E-state index contributed by atoms with van der Waals surface area (Å²) in [5.41, 5.74) is -0.330. The molecule has 3 aromatic rings. The van der Waals surface area contributed by atoms with Crippen LogP contribution in [0.3, 0.4) is 0 Å². The summed E-state index contributed by atoms with van der Waals surface area (Å²) in [5.74, 6) is 0.541. The number of hydrogen-bond donors (Lipinski definition) is 3. The highest BCUT2D eigenvalue weighted by Crippen LogP contribution is 2.18. The number of hydrogen-bond acceptors (Lipinski definition) is 6. The van der Waals surface area contributed by atoms with Gasteiger partial charge in [-0.25, -0.2) is 14.8 Å². The van der Waals surface area contributed by atoms with Crippen molar-refractivity contribution >= 4 is 22.8 Å². The Hall–Kier alpha value is -3.49. The van der Waals surface area contributed by atoms with Crippen molar-refractivity contribution in [3.63, 3.8) is 0 Å². The van der Waals surface area contributed by atoms with Crippen LogP contribution in [0.25, 0.3) is 11.0 Å². The first-order valence-corrected chi connectivity index (χ1v) is 8.62. The molecule has 27 heavy (non-hydrogen) atoms. The maximum Gasteiger partial charge on any atom is 0.327 e. The van der Waals surface area contributed by atoms with E-state index in [-0.39, 0.29) is 28.7 Å². The van der Waals surface area contributed by atoms with Crippen LogP contribution in [0.2, 0.25) is 0 Å². The Morgan fingerprint density at radius 1 is 1.30 bits per heavy atom. The molecule has 1 fully saturated rings. The van der Waals surface area contributed by atoms with E-state index in [1.807, 2.05) is 18.2 Å². The van der Waals surface area contributed by atoms with Gasteiger partial charge >= 0.3 is 5.69 Å². The molecule has 138 valence electrons. The molecule has 1 amide bonds. The summed E-state index contributed by atoms with van der Waals surface area (Å²) in [4.78, 5) is 51.3. The first-order valence-electron chi connectivity index (χ1n) is 8.62. The van der Waals surface area contributed by atoms with E-state index in [2.05, 4.69) is 30.2 Å². The summed E-state index contributed by atoms with van der Waals surface area (Å²) in [6, 6.07) is 7.25. The second-order valence-corrected chi connectivity index (χ2v) is 6.55. The third-order valence-corrected chi connectivity index (χ3v) is 4.63. The van der Waals surface area contributed by atoms with Crippen LogP contribution in [0, 0.1) is 6.92 Å². The van der Waals surface area contributed by atoms with Gasteiger partial charge in [0.1, 0.15) is 17.2 Å². The van der Waals surface area contributed by atoms with Gasteiger partial charge in [0.2, 0.25) is 0 Å². The molecule has 1 unspecified atom stereocenters. The van der Waals surface area contributed by atoms with Gasteiger partial charge < -0.3 is 10.2 Å². The highest BCUT2D eigenvalue weighted by molar-refractivity contribution is 5.95. The second-order valence-electron chi connectivity index (χ2n) is 6.55. The van der Waals surface area contributed by atoms with Crippen LogP contribution in [0.15, 0.2) is 40.1 Å². The lowest BCUT2D eigenvalue weighted by atomic mass is 10.1.